The van der Waals surface area contributed by atoms with Gasteiger partial charge in [0.2, 0.25) is 0 Å². The molecule has 0 spiro atoms. The number of nitro benzene ring substituents is 1. The Bertz CT molecular complexity index is 944. The minimum absolute atomic E-state index is 0.00992. The third kappa shape index (κ3) is 5.06. The van der Waals surface area contributed by atoms with Gasteiger partial charge in [-0.05, 0) is 25.1 Å². The number of primary amides is 1. The molecule has 8 heteroatoms. The maximum absolute atomic E-state index is 12.1. The lowest BCUT2D eigenvalue weighted by Gasteiger charge is -2.06. The van der Waals surface area contributed by atoms with Crippen molar-refractivity contribution in [3.63, 3.8) is 0 Å². The zero-order chi connectivity index (χ0) is 19.8. The van der Waals surface area contributed by atoms with Crippen LogP contribution in [0.15, 0.2) is 42.5 Å². The molecule has 0 aromatic heterocycles. The minimum atomic E-state index is -0.599. The Hall–Kier alpha value is -3.86. The first-order chi connectivity index (χ1) is 12.9. The van der Waals surface area contributed by atoms with Gasteiger partial charge in [-0.1, -0.05) is 30.0 Å². The summed E-state index contributed by atoms with van der Waals surface area (Å²) in [4.78, 5) is 33.8. The van der Waals surface area contributed by atoms with E-state index in [2.05, 4.69) is 17.2 Å². The fourth-order valence-electron chi connectivity index (χ4n) is 2.31. The van der Waals surface area contributed by atoms with Crippen molar-refractivity contribution >= 4 is 17.5 Å². The molecule has 0 radical (unpaired) electrons. The second-order valence-corrected chi connectivity index (χ2v) is 5.39. The van der Waals surface area contributed by atoms with Crippen molar-refractivity contribution in [3.8, 4) is 17.6 Å². The summed E-state index contributed by atoms with van der Waals surface area (Å²) < 4.78 is 5.39. The first-order valence-corrected chi connectivity index (χ1v) is 7.91. The van der Waals surface area contributed by atoms with Crippen LogP contribution in [0.4, 0.5) is 5.69 Å². The van der Waals surface area contributed by atoms with Crippen LogP contribution < -0.4 is 15.8 Å². The van der Waals surface area contributed by atoms with E-state index >= 15 is 0 Å². The fourth-order valence-corrected chi connectivity index (χ4v) is 2.31. The predicted molar refractivity (Wildman–Crippen MR) is 98.4 cm³/mol. The highest BCUT2D eigenvalue weighted by molar-refractivity contribution is 5.96. The molecule has 0 atom stereocenters. The highest BCUT2D eigenvalue weighted by atomic mass is 16.6. The maximum atomic E-state index is 12.1. The highest BCUT2D eigenvalue weighted by Crippen LogP contribution is 2.20. The first kappa shape index (κ1) is 19.5. The van der Waals surface area contributed by atoms with Gasteiger partial charge in [0.1, 0.15) is 12.4 Å². The molecule has 2 aromatic rings. The minimum Gasteiger partial charge on any atom is -0.480 e. The zero-order valence-corrected chi connectivity index (χ0v) is 14.5. The number of rotatable bonds is 6. The van der Waals surface area contributed by atoms with E-state index in [1.807, 2.05) is 0 Å². The Balaban J connectivity index is 1.90. The second-order valence-electron chi connectivity index (χ2n) is 5.39. The summed E-state index contributed by atoms with van der Waals surface area (Å²) in [6, 6.07) is 10.8. The van der Waals surface area contributed by atoms with E-state index < -0.39 is 16.7 Å². The van der Waals surface area contributed by atoms with Crippen LogP contribution >= 0.6 is 0 Å². The normalized spacial score (nSPS) is 9.67. The van der Waals surface area contributed by atoms with Gasteiger partial charge in [-0.3, -0.25) is 19.7 Å². The summed E-state index contributed by atoms with van der Waals surface area (Å²) in [6.07, 6.45) is 0. The second kappa shape index (κ2) is 9.01. The molecule has 2 rings (SSSR count). The van der Waals surface area contributed by atoms with Crippen LogP contribution in [0.1, 0.15) is 26.3 Å². The lowest BCUT2D eigenvalue weighted by Crippen LogP contribution is -2.24. The third-order valence-corrected chi connectivity index (χ3v) is 3.66. The molecule has 2 amide bonds. The third-order valence-electron chi connectivity index (χ3n) is 3.66. The Kier molecular flexibility index (Phi) is 6.49. The van der Waals surface area contributed by atoms with Gasteiger partial charge in [-0.25, -0.2) is 0 Å². The molecule has 138 valence electrons. The number of nitro groups is 1. The number of nitrogens with one attached hydrogen (secondary N) is 1. The molecule has 8 nitrogen and oxygen atoms in total. The molecule has 0 fully saturated rings. The molecule has 0 saturated heterocycles. The summed E-state index contributed by atoms with van der Waals surface area (Å²) in [5.41, 5.74) is 5.91. The molecular weight excluding hydrogens is 350 g/mol. The number of amides is 2. The van der Waals surface area contributed by atoms with Crippen molar-refractivity contribution in [2.24, 2.45) is 5.73 Å². The van der Waals surface area contributed by atoms with Crippen LogP contribution in [0, 0.1) is 28.9 Å². The van der Waals surface area contributed by atoms with Crippen LogP contribution in [0.25, 0.3) is 0 Å². The highest BCUT2D eigenvalue weighted by Gasteiger charge is 2.17. The molecule has 27 heavy (non-hydrogen) atoms. The van der Waals surface area contributed by atoms with Gasteiger partial charge in [0.05, 0.1) is 17.0 Å². The van der Waals surface area contributed by atoms with Gasteiger partial charge in [-0.2, -0.15) is 0 Å². The van der Waals surface area contributed by atoms with Crippen molar-refractivity contribution in [1.29, 1.82) is 0 Å². The summed E-state index contributed by atoms with van der Waals surface area (Å²) in [7, 11) is 0. The van der Waals surface area contributed by atoms with E-state index in [1.54, 1.807) is 24.3 Å². The molecule has 0 aliphatic heterocycles. The van der Waals surface area contributed by atoms with Crippen LogP contribution in [-0.2, 0) is 0 Å². The van der Waals surface area contributed by atoms with Gasteiger partial charge in [0.15, 0.2) is 0 Å². The SMILES string of the molecule is Cc1c(C(=O)NCC#CCOc2ccccc2C(N)=O)cccc1[N+](=O)[O-]. The van der Waals surface area contributed by atoms with Crippen LogP contribution in [-0.4, -0.2) is 29.9 Å². The van der Waals surface area contributed by atoms with Gasteiger partial charge in [0, 0.05) is 17.2 Å². The van der Waals surface area contributed by atoms with Gasteiger partial charge in [-0.15, -0.1) is 0 Å². The maximum Gasteiger partial charge on any atom is 0.273 e. The Morgan fingerprint density at radius 3 is 2.56 bits per heavy atom. The summed E-state index contributed by atoms with van der Waals surface area (Å²) in [6.45, 7) is 1.57. The Morgan fingerprint density at radius 2 is 1.85 bits per heavy atom. The fraction of sp³-hybridized carbons (Fsp3) is 0.158. The van der Waals surface area contributed by atoms with Crippen LogP contribution in [0.3, 0.4) is 0 Å². The first-order valence-electron chi connectivity index (χ1n) is 7.91. The van der Waals surface area contributed by atoms with E-state index in [9.17, 15) is 19.7 Å². The molecular formula is C19H17N3O5. The van der Waals surface area contributed by atoms with Crippen molar-refractivity contribution in [2.45, 2.75) is 6.92 Å². The number of carbonyl (C=O) groups is 2. The molecule has 0 saturated carbocycles. The topological polar surface area (TPSA) is 125 Å². The molecule has 0 aliphatic carbocycles. The monoisotopic (exact) mass is 367 g/mol. The molecule has 2 aromatic carbocycles. The number of nitrogens with zero attached hydrogens (tertiary/aromatic N) is 1. The van der Waals surface area contributed by atoms with E-state index in [0.717, 1.165) is 0 Å². The average Bonchev–Trinajstić information content (AvgIpc) is 2.64. The Labute approximate surface area is 155 Å². The smallest absolute Gasteiger partial charge is 0.273 e. The number of para-hydroxylation sites is 1. The van der Waals surface area contributed by atoms with E-state index in [0.29, 0.717) is 11.3 Å². The van der Waals surface area contributed by atoms with Gasteiger partial charge in [0.25, 0.3) is 17.5 Å². The number of hydrogen-bond acceptors (Lipinski definition) is 5. The van der Waals surface area contributed by atoms with Gasteiger partial charge < -0.3 is 15.8 Å². The molecule has 0 bridgehead atoms. The molecule has 3 N–H and O–H groups in total. The lowest BCUT2D eigenvalue weighted by atomic mass is 10.1. The average molecular weight is 367 g/mol. The summed E-state index contributed by atoms with van der Waals surface area (Å²) in [5.74, 6) is 4.69. The van der Waals surface area contributed by atoms with E-state index in [1.165, 1.54) is 25.1 Å². The standard InChI is InChI=1S/C19H17N3O5/c1-13-14(8-6-9-16(13)22(25)26)19(24)21-11-4-5-12-27-17-10-3-2-7-15(17)18(20)23/h2-3,6-10H,11-12H2,1H3,(H2,20,23)(H,21,24). The number of benzene rings is 2. The molecule has 0 heterocycles. The predicted octanol–water partition coefficient (Wildman–Crippen LogP) is 1.81. The summed E-state index contributed by atoms with van der Waals surface area (Å²) in [5, 5.41) is 13.5. The van der Waals surface area contributed by atoms with Crippen LogP contribution in [0.5, 0.6) is 5.75 Å². The quantitative estimate of drug-likeness (QED) is 0.458. The van der Waals surface area contributed by atoms with E-state index in [-0.39, 0.29) is 30.0 Å². The number of hydrogen-bond donors (Lipinski definition) is 2. The number of carbonyl (C=O) groups excluding carboxylic acids is 2. The number of nitrogens with two attached hydrogens (primary N) is 1. The van der Waals surface area contributed by atoms with E-state index in [4.69, 9.17) is 10.5 Å². The number of ether oxygens (including phenoxy) is 1. The van der Waals surface area contributed by atoms with Crippen molar-refractivity contribution in [3.05, 3.63) is 69.3 Å². The van der Waals surface area contributed by atoms with Crippen molar-refractivity contribution < 1.29 is 19.2 Å². The van der Waals surface area contributed by atoms with Crippen LogP contribution in [0.2, 0.25) is 0 Å². The molecule has 0 aliphatic rings. The Morgan fingerprint density at radius 1 is 1.15 bits per heavy atom. The largest absolute Gasteiger partial charge is 0.480 e. The van der Waals surface area contributed by atoms with Crippen molar-refractivity contribution in [2.75, 3.05) is 13.2 Å². The van der Waals surface area contributed by atoms with Crippen molar-refractivity contribution in [1.82, 2.24) is 5.32 Å². The zero-order valence-electron chi connectivity index (χ0n) is 14.5. The van der Waals surface area contributed by atoms with Gasteiger partial charge >= 0.3 is 0 Å². The lowest BCUT2D eigenvalue weighted by molar-refractivity contribution is -0.385. The summed E-state index contributed by atoms with van der Waals surface area (Å²) >= 11 is 0. The molecule has 0 unspecified atom stereocenters.